The number of aryl methyl sites for hydroxylation is 3. The molecule has 0 amide bonds. The lowest BCUT2D eigenvalue weighted by molar-refractivity contribution is -0.643. The van der Waals surface area contributed by atoms with Crippen LogP contribution >= 0.6 is 0 Å². The minimum absolute atomic E-state index is 1.06. The zero-order valence-electron chi connectivity index (χ0n) is 18.5. The summed E-state index contributed by atoms with van der Waals surface area (Å²) in [7, 11) is 0.688. The molecular formula is C26H26N3Si+. The molecule has 30 heavy (non-hydrogen) atoms. The van der Waals surface area contributed by atoms with E-state index in [-0.39, 0.29) is 0 Å². The van der Waals surface area contributed by atoms with Gasteiger partial charge in [0.2, 0.25) is 5.52 Å². The second-order valence-corrected chi connectivity index (χ2v) is 14.9. The molecule has 6 rings (SSSR count). The Labute approximate surface area is 176 Å². The maximum atomic E-state index is 4.87. The zero-order chi connectivity index (χ0) is 20.9. The molecule has 0 saturated carbocycles. The smallest absolute Gasteiger partial charge is 0.224 e. The minimum Gasteiger partial charge on any atom is -0.292 e. The van der Waals surface area contributed by atoms with E-state index >= 15 is 0 Å². The summed E-state index contributed by atoms with van der Waals surface area (Å²) in [6.45, 7) is 11.8. The number of hydrogen-bond acceptors (Lipinski definition) is 1. The molecule has 148 valence electrons. The first-order valence-corrected chi connectivity index (χ1v) is 14.1. The van der Waals surface area contributed by atoms with Crippen LogP contribution in [-0.4, -0.2) is 17.5 Å². The number of benzene rings is 2. The van der Waals surface area contributed by atoms with Crippen LogP contribution in [0.15, 0.2) is 48.8 Å². The van der Waals surface area contributed by atoms with E-state index in [9.17, 15) is 0 Å². The third-order valence-electron chi connectivity index (χ3n) is 6.89. The van der Waals surface area contributed by atoms with Crippen LogP contribution < -0.4 is 9.75 Å². The largest absolute Gasteiger partial charge is 0.292 e. The van der Waals surface area contributed by atoms with Crippen LogP contribution in [0, 0.1) is 13.8 Å². The van der Waals surface area contributed by atoms with Gasteiger partial charge >= 0.3 is 0 Å². The van der Waals surface area contributed by atoms with E-state index in [1.165, 1.54) is 59.8 Å². The molecule has 0 saturated heterocycles. The van der Waals surface area contributed by atoms with Crippen LogP contribution in [-0.2, 0) is 7.05 Å². The molecule has 0 atom stereocenters. The van der Waals surface area contributed by atoms with E-state index in [0.717, 1.165) is 5.65 Å². The number of pyridine rings is 3. The SMILES string of the molecule is Cc1cc2c3cccnc3n3c4cc([Si](C)(C)C)cc5cc[n+](C)c(c(c1C)c23)c54. The molecule has 4 heterocycles. The highest BCUT2D eigenvalue weighted by Gasteiger charge is 2.27. The lowest BCUT2D eigenvalue weighted by Gasteiger charge is -2.20. The Hall–Kier alpha value is -2.98. The van der Waals surface area contributed by atoms with E-state index in [4.69, 9.17) is 4.98 Å². The summed E-state index contributed by atoms with van der Waals surface area (Å²) in [5.74, 6) is 0. The van der Waals surface area contributed by atoms with Crippen molar-refractivity contribution in [3.63, 3.8) is 0 Å². The fraction of sp³-hybridized carbons (Fsp3) is 0.231. The van der Waals surface area contributed by atoms with Gasteiger partial charge in [-0.2, -0.15) is 0 Å². The van der Waals surface area contributed by atoms with Crippen molar-refractivity contribution >= 4 is 62.4 Å². The monoisotopic (exact) mass is 408 g/mol. The number of rotatable bonds is 1. The number of fused-ring (bicyclic) bond motifs is 5. The van der Waals surface area contributed by atoms with Gasteiger partial charge in [-0.05, 0) is 54.6 Å². The predicted molar refractivity (Wildman–Crippen MR) is 130 cm³/mol. The predicted octanol–water partition coefficient (Wildman–Crippen LogP) is 5.37. The summed E-state index contributed by atoms with van der Waals surface area (Å²) in [4.78, 5) is 4.87. The first-order valence-electron chi connectivity index (χ1n) is 10.6. The minimum atomic E-state index is -1.49. The molecule has 0 aliphatic carbocycles. The Morgan fingerprint density at radius 3 is 2.53 bits per heavy atom. The molecular weight excluding hydrogens is 382 g/mol. The summed E-state index contributed by atoms with van der Waals surface area (Å²) in [5.41, 5.74) is 7.66. The quantitative estimate of drug-likeness (QED) is 0.155. The van der Waals surface area contributed by atoms with Crippen LogP contribution in [0.1, 0.15) is 11.1 Å². The highest BCUT2D eigenvalue weighted by Crippen LogP contribution is 2.40. The van der Waals surface area contributed by atoms with Crippen LogP contribution in [0.25, 0.3) is 49.1 Å². The summed E-state index contributed by atoms with van der Waals surface area (Å²) in [6.07, 6.45) is 4.14. The van der Waals surface area contributed by atoms with Gasteiger partial charge in [-0.25, -0.2) is 9.55 Å². The Bertz CT molecular complexity index is 1650. The van der Waals surface area contributed by atoms with Gasteiger partial charge in [0.25, 0.3) is 0 Å². The van der Waals surface area contributed by atoms with E-state index in [2.05, 4.69) is 92.1 Å². The molecule has 4 aromatic heterocycles. The molecule has 4 heteroatoms. The molecule has 0 unspecified atom stereocenters. The van der Waals surface area contributed by atoms with Crippen molar-refractivity contribution in [2.24, 2.45) is 7.05 Å². The highest BCUT2D eigenvalue weighted by molar-refractivity contribution is 6.89. The molecule has 0 aliphatic rings. The van der Waals surface area contributed by atoms with E-state index in [1.54, 1.807) is 0 Å². The van der Waals surface area contributed by atoms with E-state index in [1.807, 2.05) is 6.20 Å². The topological polar surface area (TPSA) is 21.2 Å². The number of aromatic nitrogens is 3. The van der Waals surface area contributed by atoms with Gasteiger partial charge in [-0.15, -0.1) is 0 Å². The van der Waals surface area contributed by atoms with Gasteiger partial charge in [0.1, 0.15) is 12.7 Å². The van der Waals surface area contributed by atoms with Gasteiger partial charge in [-0.3, -0.25) is 4.40 Å². The number of hydrogen-bond donors (Lipinski definition) is 0. The van der Waals surface area contributed by atoms with Gasteiger partial charge in [0.05, 0.1) is 29.9 Å². The lowest BCUT2D eigenvalue weighted by Crippen LogP contribution is -2.38. The molecule has 0 fully saturated rings. The summed E-state index contributed by atoms with van der Waals surface area (Å²) in [6, 6.07) is 13.8. The standard InChI is InChI=1S/C26H26N3Si/c1-15-12-20-19-8-7-10-27-26(19)29-21-14-18(30(4,5)6)13-17-9-11-28(3)25(23(17)21)22(16(15)2)24(20)29/h7-14H,1-6H3/q+1. The lowest BCUT2D eigenvalue weighted by atomic mass is 9.97. The molecule has 6 aromatic rings. The number of nitrogens with zero attached hydrogens (tertiary/aromatic N) is 3. The van der Waals surface area contributed by atoms with Gasteiger partial charge in [0, 0.05) is 23.0 Å². The Kier molecular flexibility index (Phi) is 3.32. The Morgan fingerprint density at radius 2 is 1.77 bits per heavy atom. The van der Waals surface area contributed by atoms with Crippen molar-refractivity contribution in [2.75, 3.05) is 0 Å². The maximum Gasteiger partial charge on any atom is 0.224 e. The fourth-order valence-electron chi connectivity index (χ4n) is 5.15. The van der Waals surface area contributed by atoms with Gasteiger partial charge in [-0.1, -0.05) is 30.9 Å². The van der Waals surface area contributed by atoms with Crippen molar-refractivity contribution in [3.8, 4) is 0 Å². The summed E-state index contributed by atoms with van der Waals surface area (Å²) >= 11 is 0. The van der Waals surface area contributed by atoms with Crippen LogP contribution in [0.3, 0.4) is 0 Å². The zero-order valence-corrected chi connectivity index (χ0v) is 19.5. The van der Waals surface area contributed by atoms with E-state index in [0.29, 0.717) is 0 Å². The summed E-state index contributed by atoms with van der Waals surface area (Å²) < 4.78 is 4.74. The molecule has 0 spiro atoms. The normalized spacial score (nSPS) is 13.0. The third kappa shape index (κ3) is 2.09. The molecule has 3 nitrogen and oxygen atoms in total. The first-order chi connectivity index (χ1) is 14.3. The van der Waals surface area contributed by atoms with Crippen molar-refractivity contribution < 1.29 is 4.57 Å². The highest BCUT2D eigenvalue weighted by atomic mass is 28.3. The second kappa shape index (κ2) is 5.58. The van der Waals surface area contributed by atoms with Crippen molar-refractivity contribution in [1.82, 2.24) is 9.38 Å². The second-order valence-electron chi connectivity index (χ2n) is 9.78. The van der Waals surface area contributed by atoms with Gasteiger partial charge < -0.3 is 0 Å². The van der Waals surface area contributed by atoms with Gasteiger partial charge in [0.15, 0.2) is 6.20 Å². The Morgan fingerprint density at radius 1 is 0.967 bits per heavy atom. The van der Waals surface area contributed by atoms with Crippen LogP contribution in [0.2, 0.25) is 19.6 Å². The average Bonchev–Trinajstić information content (AvgIpc) is 3.03. The van der Waals surface area contributed by atoms with Crippen molar-refractivity contribution in [1.29, 1.82) is 0 Å². The summed E-state index contributed by atoms with van der Waals surface area (Å²) in [5, 5.41) is 8.05. The maximum absolute atomic E-state index is 4.87. The third-order valence-corrected chi connectivity index (χ3v) is 8.91. The first kappa shape index (κ1) is 17.8. The van der Waals surface area contributed by atoms with Crippen molar-refractivity contribution in [2.45, 2.75) is 33.5 Å². The van der Waals surface area contributed by atoms with Crippen LogP contribution in [0.4, 0.5) is 0 Å². The molecule has 0 N–H and O–H groups in total. The van der Waals surface area contributed by atoms with Crippen LogP contribution in [0.5, 0.6) is 0 Å². The fourth-order valence-corrected chi connectivity index (χ4v) is 6.31. The molecule has 2 aromatic carbocycles. The van der Waals surface area contributed by atoms with E-state index < -0.39 is 8.07 Å². The Balaban J connectivity index is 2.09. The molecule has 0 bridgehead atoms. The molecule has 0 aliphatic heterocycles. The molecule has 0 radical (unpaired) electrons. The average molecular weight is 409 g/mol. The van der Waals surface area contributed by atoms with Crippen molar-refractivity contribution in [3.05, 3.63) is 59.9 Å².